The van der Waals surface area contributed by atoms with E-state index < -0.39 is 5.97 Å². The van der Waals surface area contributed by atoms with Crippen LogP contribution in [0.4, 0.5) is 5.82 Å². The first kappa shape index (κ1) is 14.0. The Bertz CT molecular complexity index is 478. The third kappa shape index (κ3) is 3.45. The zero-order valence-corrected chi connectivity index (χ0v) is 10.8. The summed E-state index contributed by atoms with van der Waals surface area (Å²) in [5.74, 6) is -0.0466. The first-order valence-corrected chi connectivity index (χ1v) is 5.79. The first-order valence-electron chi connectivity index (χ1n) is 5.79. The molecule has 0 saturated carbocycles. The molecule has 0 aliphatic heterocycles. The summed E-state index contributed by atoms with van der Waals surface area (Å²) >= 11 is 0. The summed E-state index contributed by atoms with van der Waals surface area (Å²) in [4.78, 5) is 16.7. The summed E-state index contributed by atoms with van der Waals surface area (Å²) in [7, 11) is 1.75. The second-order valence-electron chi connectivity index (χ2n) is 4.44. The molecule has 5 heteroatoms. The van der Waals surface area contributed by atoms with Gasteiger partial charge in [0.15, 0.2) is 0 Å². The van der Waals surface area contributed by atoms with Crippen molar-refractivity contribution < 1.29 is 9.90 Å². The van der Waals surface area contributed by atoms with Gasteiger partial charge in [0, 0.05) is 19.3 Å². The molecule has 1 aromatic rings. The van der Waals surface area contributed by atoms with E-state index in [0.29, 0.717) is 17.9 Å². The van der Waals surface area contributed by atoms with E-state index in [1.807, 2.05) is 19.9 Å². The van der Waals surface area contributed by atoms with E-state index in [2.05, 4.69) is 11.1 Å². The predicted octanol–water partition coefficient (Wildman–Crippen LogP) is 1.99. The lowest BCUT2D eigenvalue weighted by Gasteiger charge is -2.19. The first-order chi connectivity index (χ1) is 8.45. The third-order valence-electron chi connectivity index (χ3n) is 2.63. The van der Waals surface area contributed by atoms with E-state index >= 15 is 0 Å². The van der Waals surface area contributed by atoms with Crippen LogP contribution in [0.5, 0.6) is 0 Å². The van der Waals surface area contributed by atoms with Gasteiger partial charge in [0.2, 0.25) is 0 Å². The van der Waals surface area contributed by atoms with Crippen LogP contribution >= 0.6 is 0 Å². The van der Waals surface area contributed by atoms with Crippen molar-refractivity contribution in [2.45, 2.75) is 26.2 Å². The van der Waals surface area contributed by atoms with Gasteiger partial charge in [-0.3, -0.25) is 4.79 Å². The summed E-state index contributed by atoms with van der Waals surface area (Å²) < 4.78 is 0. The van der Waals surface area contributed by atoms with E-state index in [9.17, 15) is 4.79 Å². The minimum atomic E-state index is -0.861. The largest absolute Gasteiger partial charge is 0.481 e. The topological polar surface area (TPSA) is 77.2 Å². The molecule has 0 radical (unpaired) electrons. The van der Waals surface area contributed by atoms with Crippen LogP contribution in [0.1, 0.15) is 37.4 Å². The van der Waals surface area contributed by atoms with Gasteiger partial charge in [0.1, 0.15) is 11.9 Å². The zero-order chi connectivity index (χ0) is 13.7. The normalized spacial score (nSPS) is 10.2. The summed E-state index contributed by atoms with van der Waals surface area (Å²) in [6.07, 6.45) is 0.0228. The molecule has 0 atom stereocenters. The molecule has 0 aliphatic carbocycles. The number of anilines is 1. The molecular formula is C13H17N3O2. The Morgan fingerprint density at radius 1 is 1.56 bits per heavy atom. The standard InChI is InChI=1S/C13H17N3O2/c1-9(2)11-5-4-10(8-14)13(15-11)16(3)7-6-12(17)18/h4-5,9H,6-7H2,1-3H3,(H,17,18). The lowest BCUT2D eigenvalue weighted by atomic mass is 10.1. The highest BCUT2D eigenvalue weighted by Gasteiger charge is 2.12. The van der Waals surface area contributed by atoms with Crippen LogP contribution in [-0.2, 0) is 4.79 Å². The average molecular weight is 247 g/mol. The molecule has 0 unspecified atom stereocenters. The van der Waals surface area contributed by atoms with Crippen LogP contribution in [0.25, 0.3) is 0 Å². The summed E-state index contributed by atoms with van der Waals surface area (Å²) in [6.45, 7) is 4.38. The monoisotopic (exact) mass is 247 g/mol. The van der Waals surface area contributed by atoms with Crippen molar-refractivity contribution in [2.24, 2.45) is 0 Å². The zero-order valence-electron chi connectivity index (χ0n) is 10.8. The number of hydrogen-bond acceptors (Lipinski definition) is 4. The highest BCUT2D eigenvalue weighted by Crippen LogP contribution is 2.20. The number of aromatic nitrogens is 1. The fourth-order valence-corrected chi connectivity index (χ4v) is 1.53. The number of nitrogens with zero attached hydrogens (tertiary/aromatic N) is 3. The maximum atomic E-state index is 10.6. The molecule has 1 aromatic heterocycles. The Hall–Kier alpha value is -2.09. The smallest absolute Gasteiger partial charge is 0.305 e. The fraction of sp³-hybridized carbons (Fsp3) is 0.462. The number of carboxylic acid groups (broad SMARTS) is 1. The molecular weight excluding hydrogens is 230 g/mol. The summed E-state index contributed by atoms with van der Waals surface area (Å²) in [5, 5.41) is 17.7. The van der Waals surface area contributed by atoms with E-state index in [0.717, 1.165) is 5.69 Å². The molecule has 0 bridgehead atoms. The molecule has 1 N–H and O–H groups in total. The molecule has 0 spiro atoms. The molecule has 18 heavy (non-hydrogen) atoms. The van der Waals surface area contributed by atoms with E-state index in [1.54, 1.807) is 18.0 Å². The van der Waals surface area contributed by atoms with Crippen molar-refractivity contribution in [3.8, 4) is 6.07 Å². The molecule has 0 fully saturated rings. The van der Waals surface area contributed by atoms with Crippen LogP contribution in [0.2, 0.25) is 0 Å². The highest BCUT2D eigenvalue weighted by molar-refractivity contribution is 5.67. The number of hydrogen-bond donors (Lipinski definition) is 1. The Morgan fingerprint density at radius 3 is 2.72 bits per heavy atom. The van der Waals surface area contributed by atoms with Crippen LogP contribution < -0.4 is 4.90 Å². The van der Waals surface area contributed by atoms with Crippen LogP contribution in [-0.4, -0.2) is 29.7 Å². The van der Waals surface area contributed by atoms with Crippen LogP contribution in [0, 0.1) is 11.3 Å². The quantitative estimate of drug-likeness (QED) is 0.860. The van der Waals surface area contributed by atoms with Gasteiger partial charge < -0.3 is 10.0 Å². The maximum absolute atomic E-state index is 10.6. The summed E-state index contributed by atoms with van der Waals surface area (Å²) in [5.41, 5.74) is 1.36. The lowest BCUT2D eigenvalue weighted by Crippen LogP contribution is -2.23. The number of pyridine rings is 1. The summed E-state index contributed by atoms with van der Waals surface area (Å²) in [6, 6.07) is 5.64. The third-order valence-corrected chi connectivity index (χ3v) is 2.63. The number of rotatable bonds is 5. The SMILES string of the molecule is CC(C)c1ccc(C#N)c(N(C)CCC(=O)O)n1. The Labute approximate surface area is 107 Å². The van der Waals surface area contributed by atoms with Gasteiger partial charge in [-0.1, -0.05) is 13.8 Å². The minimum Gasteiger partial charge on any atom is -0.481 e. The van der Waals surface area contributed by atoms with Crippen molar-refractivity contribution in [2.75, 3.05) is 18.5 Å². The van der Waals surface area contributed by atoms with E-state index in [4.69, 9.17) is 10.4 Å². The van der Waals surface area contributed by atoms with Gasteiger partial charge in [0.25, 0.3) is 0 Å². The van der Waals surface area contributed by atoms with Crippen molar-refractivity contribution in [1.29, 1.82) is 5.26 Å². The van der Waals surface area contributed by atoms with Crippen LogP contribution in [0.3, 0.4) is 0 Å². The number of carboxylic acids is 1. The van der Waals surface area contributed by atoms with Gasteiger partial charge in [0.05, 0.1) is 12.0 Å². The number of carbonyl (C=O) groups is 1. The van der Waals surface area contributed by atoms with Crippen molar-refractivity contribution >= 4 is 11.8 Å². The van der Waals surface area contributed by atoms with Crippen molar-refractivity contribution in [3.63, 3.8) is 0 Å². The van der Waals surface area contributed by atoms with Gasteiger partial charge in [-0.2, -0.15) is 5.26 Å². The van der Waals surface area contributed by atoms with Crippen LogP contribution in [0.15, 0.2) is 12.1 Å². The second-order valence-corrected chi connectivity index (χ2v) is 4.44. The maximum Gasteiger partial charge on any atom is 0.305 e. The highest BCUT2D eigenvalue weighted by atomic mass is 16.4. The molecule has 96 valence electrons. The van der Waals surface area contributed by atoms with E-state index in [-0.39, 0.29) is 12.3 Å². The van der Waals surface area contributed by atoms with Crippen molar-refractivity contribution in [3.05, 3.63) is 23.4 Å². The fourth-order valence-electron chi connectivity index (χ4n) is 1.53. The molecule has 1 heterocycles. The lowest BCUT2D eigenvalue weighted by molar-refractivity contribution is -0.136. The Kier molecular flexibility index (Phi) is 4.67. The average Bonchev–Trinajstić information content (AvgIpc) is 2.34. The molecule has 1 rings (SSSR count). The Balaban J connectivity index is 3.00. The van der Waals surface area contributed by atoms with Gasteiger partial charge in [-0.25, -0.2) is 4.98 Å². The number of nitriles is 1. The molecule has 0 amide bonds. The van der Waals surface area contributed by atoms with E-state index in [1.165, 1.54) is 0 Å². The van der Waals surface area contributed by atoms with Crippen molar-refractivity contribution in [1.82, 2.24) is 4.98 Å². The molecule has 5 nitrogen and oxygen atoms in total. The van der Waals surface area contributed by atoms with Gasteiger partial charge >= 0.3 is 5.97 Å². The molecule has 0 saturated heterocycles. The van der Waals surface area contributed by atoms with Gasteiger partial charge in [-0.05, 0) is 18.1 Å². The predicted molar refractivity (Wildman–Crippen MR) is 68.6 cm³/mol. The van der Waals surface area contributed by atoms with Gasteiger partial charge in [-0.15, -0.1) is 0 Å². The Morgan fingerprint density at radius 2 is 2.22 bits per heavy atom. The minimum absolute atomic E-state index is 0.0228. The molecule has 0 aliphatic rings. The second kappa shape index (κ2) is 6.01. The molecule has 0 aromatic carbocycles. The number of aliphatic carboxylic acids is 1.